The fourth-order valence-electron chi connectivity index (χ4n) is 9.05. The summed E-state index contributed by atoms with van der Waals surface area (Å²) in [6.45, 7) is 3.62. The Morgan fingerprint density at radius 1 is 0.403 bits per heavy atom. The van der Waals surface area contributed by atoms with Crippen molar-refractivity contribution >= 4 is 19.8 Å². The number of phosphoric acid groups is 1. The Labute approximate surface area is 474 Å². The van der Waals surface area contributed by atoms with Gasteiger partial charge in [0.1, 0.15) is 6.61 Å². The summed E-state index contributed by atoms with van der Waals surface area (Å²) in [4.78, 5) is 35.2. The highest BCUT2D eigenvalue weighted by Gasteiger charge is 2.26. The van der Waals surface area contributed by atoms with Crippen LogP contribution in [0.2, 0.25) is 0 Å². The largest absolute Gasteiger partial charge is 0.472 e. The zero-order chi connectivity index (χ0) is 55.9. The van der Waals surface area contributed by atoms with E-state index in [1.807, 2.05) is 0 Å². The first-order valence-corrected chi connectivity index (χ1v) is 33.6. The molecule has 77 heavy (non-hydrogen) atoms. The van der Waals surface area contributed by atoms with Crippen molar-refractivity contribution in [1.82, 2.24) is 0 Å². The number of carbonyl (C=O) groups is 2. The molecular formula is C67H120NO8P. The Hall–Kier alpha value is -2.81. The van der Waals surface area contributed by atoms with Crippen LogP contribution in [0.15, 0.2) is 85.1 Å². The van der Waals surface area contributed by atoms with Crippen molar-refractivity contribution in [2.45, 2.75) is 302 Å². The molecule has 0 fully saturated rings. The molecule has 0 radical (unpaired) electrons. The summed E-state index contributed by atoms with van der Waals surface area (Å²) in [5.74, 6) is -0.837. The van der Waals surface area contributed by atoms with Crippen molar-refractivity contribution in [2.24, 2.45) is 5.73 Å². The molecule has 9 nitrogen and oxygen atoms in total. The maximum Gasteiger partial charge on any atom is 0.472 e. The number of esters is 2. The molecule has 10 heteroatoms. The van der Waals surface area contributed by atoms with Crippen molar-refractivity contribution in [1.29, 1.82) is 0 Å². The lowest BCUT2D eigenvalue weighted by atomic mass is 10.0. The van der Waals surface area contributed by atoms with Gasteiger partial charge in [-0.1, -0.05) is 279 Å². The molecule has 0 spiro atoms. The van der Waals surface area contributed by atoms with Crippen molar-refractivity contribution in [3.8, 4) is 0 Å². The van der Waals surface area contributed by atoms with Gasteiger partial charge in [-0.25, -0.2) is 4.57 Å². The SMILES string of the molecule is CC/C=C\C/C=C\C/C=C\C/C=C\CCCCCCCCC(=O)OC(COC(=O)CCCCCCCCCCCCCCCCCCCCCCCC/C=C\C/C=C\C/C=C\CCCCCCC)COP(=O)(O)OCCN. The zero-order valence-electron chi connectivity index (χ0n) is 49.9. The average molecular weight is 1100 g/mol. The predicted molar refractivity (Wildman–Crippen MR) is 330 cm³/mol. The number of hydrogen-bond acceptors (Lipinski definition) is 8. The van der Waals surface area contributed by atoms with Crippen molar-refractivity contribution in [2.75, 3.05) is 26.4 Å². The van der Waals surface area contributed by atoms with Crippen LogP contribution in [-0.4, -0.2) is 49.3 Å². The van der Waals surface area contributed by atoms with Gasteiger partial charge in [-0.15, -0.1) is 0 Å². The zero-order valence-corrected chi connectivity index (χ0v) is 50.8. The van der Waals surface area contributed by atoms with E-state index in [0.717, 1.165) is 96.3 Å². The van der Waals surface area contributed by atoms with Crippen molar-refractivity contribution < 1.29 is 37.6 Å². The quantitative estimate of drug-likeness (QED) is 0.0264. The Bertz CT molecular complexity index is 1530. The van der Waals surface area contributed by atoms with E-state index in [1.54, 1.807) is 0 Å². The monoisotopic (exact) mass is 1100 g/mol. The Balaban J connectivity index is 3.83. The average Bonchev–Trinajstić information content (AvgIpc) is 3.42. The molecule has 3 N–H and O–H groups in total. The van der Waals surface area contributed by atoms with Gasteiger partial charge in [0.2, 0.25) is 0 Å². The van der Waals surface area contributed by atoms with E-state index in [1.165, 1.54) is 167 Å². The van der Waals surface area contributed by atoms with Crippen LogP contribution < -0.4 is 5.73 Å². The number of allylic oxidation sites excluding steroid dienone is 14. The molecule has 0 aromatic heterocycles. The third-order valence-corrected chi connectivity index (χ3v) is 14.7. The summed E-state index contributed by atoms with van der Waals surface area (Å²) in [7, 11) is -4.40. The molecule has 0 rings (SSSR count). The smallest absolute Gasteiger partial charge is 0.462 e. The van der Waals surface area contributed by atoms with E-state index in [-0.39, 0.29) is 38.6 Å². The predicted octanol–water partition coefficient (Wildman–Crippen LogP) is 20.6. The molecule has 0 saturated carbocycles. The first-order valence-electron chi connectivity index (χ1n) is 32.1. The molecular weight excluding hydrogens is 978 g/mol. The first kappa shape index (κ1) is 74.2. The van der Waals surface area contributed by atoms with E-state index in [4.69, 9.17) is 24.3 Å². The Morgan fingerprint density at radius 2 is 0.714 bits per heavy atom. The molecule has 0 aliphatic heterocycles. The molecule has 0 amide bonds. The molecule has 2 unspecified atom stereocenters. The number of rotatable bonds is 60. The second-order valence-corrected chi connectivity index (χ2v) is 22.7. The maximum atomic E-state index is 12.7. The second kappa shape index (κ2) is 62.4. The van der Waals surface area contributed by atoms with E-state index in [9.17, 15) is 19.0 Å². The summed E-state index contributed by atoms with van der Waals surface area (Å²) < 4.78 is 33.1. The molecule has 0 heterocycles. The van der Waals surface area contributed by atoms with Crippen LogP contribution in [0.25, 0.3) is 0 Å². The van der Waals surface area contributed by atoms with Crippen LogP contribution >= 0.6 is 7.82 Å². The van der Waals surface area contributed by atoms with Gasteiger partial charge >= 0.3 is 19.8 Å². The van der Waals surface area contributed by atoms with Gasteiger partial charge in [-0.2, -0.15) is 0 Å². The lowest BCUT2D eigenvalue weighted by molar-refractivity contribution is -0.161. The Kier molecular flexibility index (Phi) is 60.1. The summed E-state index contributed by atoms with van der Waals surface area (Å²) in [5, 5.41) is 0. The highest BCUT2D eigenvalue weighted by atomic mass is 31.2. The maximum absolute atomic E-state index is 12.7. The summed E-state index contributed by atoms with van der Waals surface area (Å²) in [5.41, 5.74) is 5.38. The van der Waals surface area contributed by atoms with Crippen LogP contribution in [-0.2, 0) is 32.7 Å². The Morgan fingerprint density at radius 3 is 1.06 bits per heavy atom. The first-order chi connectivity index (χ1) is 37.8. The lowest BCUT2D eigenvalue weighted by Gasteiger charge is -2.19. The van der Waals surface area contributed by atoms with Crippen molar-refractivity contribution in [3.05, 3.63) is 85.1 Å². The number of unbranched alkanes of at least 4 members (excludes halogenated alkanes) is 33. The standard InChI is InChI=1S/C67H120NO8P/c1-3-5-7-9-11-13-15-17-19-21-23-24-25-26-27-28-29-30-31-32-33-34-35-36-37-38-39-40-42-43-45-47-49-51-53-55-57-59-66(69)73-63-65(64-75-77(71,72)74-62-61-68)76-67(70)60-58-56-54-52-50-48-46-44-41-22-20-18-16-14-12-10-8-6-4-2/h6,8,12,14-15,17-18,20-21,23,25-26,41,44,65H,3-5,7,9-11,13,16,19,22,24,27-40,42-43,45-64,68H2,1-2H3,(H,71,72)/b8-6-,14-12-,17-15-,20-18-,23-21-,26-25-,44-41-. The number of carbonyl (C=O) groups excluding carboxylic acids is 2. The van der Waals surface area contributed by atoms with Crippen LogP contribution in [0.1, 0.15) is 296 Å². The highest BCUT2D eigenvalue weighted by molar-refractivity contribution is 7.47. The number of nitrogens with two attached hydrogens (primary N) is 1. The topological polar surface area (TPSA) is 134 Å². The van der Waals surface area contributed by atoms with E-state index >= 15 is 0 Å². The highest BCUT2D eigenvalue weighted by Crippen LogP contribution is 2.43. The van der Waals surface area contributed by atoms with Crippen LogP contribution in [0.3, 0.4) is 0 Å². The lowest BCUT2D eigenvalue weighted by Crippen LogP contribution is -2.29. The van der Waals surface area contributed by atoms with Gasteiger partial charge in [0.15, 0.2) is 6.10 Å². The fraction of sp³-hybridized carbons (Fsp3) is 0.761. The molecule has 446 valence electrons. The normalized spacial score (nSPS) is 13.6. The van der Waals surface area contributed by atoms with Gasteiger partial charge in [0, 0.05) is 19.4 Å². The molecule has 2 atom stereocenters. The summed E-state index contributed by atoms with van der Waals surface area (Å²) >= 11 is 0. The summed E-state index contributed by atoms with van der Waals surface area (Å²) in [6, 6.07) is 0. The summed E-state index contributed by atoms with van der Waals surface area (Å²) in [6.07, 6.45) is 82.4. The third kappa shape index (κ3) is 62.3. The fourth-order valence-corrected chi connectivity index (χ4v) is 9.81. The van der Waals surface area contributed by atoms with Gasteiger partial charge in [0.05, 0.1) is 13.2 Å². The van der Waals surface area contributed by atoms with Crippen LogP contribution in [0, 0.1) is 0 Å². The minimum atomic E-state index is -4.40. The number of phosphoric ester groups is 1. The molecule has 0 aromatic rings. The van der Waals surface area contributed by atoms with Crippen LogP contribution in [0.4, 0.5) is 0 Å². The molecule has 0 aromatic carbocycles. The van der Waals surface area contributed by atoms with E-state index < -0.39 is 26.5 Å². The third-order valence-electron chi connectivity index (χ3n) is 13.8. The number of ether oxygens (including phenoxy) is 2. The van der Waals surface area contributed by atoms with Gasteiger partial charge in [-0.05, 0) is 89.9 Å². The van der Waals surface area contributed by atoms with Gasteiger partial charge < -0.3 is 20.1 Å². The van der Waals surface area contributed by atoms with E-state index in [0.29, 0.717) is 6.42 Å². The van der Waals surface area contributed by atoms with E-state index in [2.05, 4.69) is 98.9 Å². The van der Waals surface area contributed by atoms with Gasteiger partial charge in [-0.3, -0.25) is 18.6 Å². The molecule has 0 bridgehead atoms. The minimum Gasteiger partial charge on any atom is -0.462 e. The molecule has 0 saturated heterocycles. The number of hydrogen-bond donors (Lipinski definition) is 2. The van der Waals surface area contributed by atoms with Crippen LogP contribution in [0.5, 0.6) is 0 Å². The van der Waals surface area contributed by atoms with Gasteiger partial charge in [0.25, 0.3) is 0 Å². The minimum absolute atomic E-state index is 0.0486. The van der Waals surface area contributed by atoms with Crippen molar-refractivity contribution in [3.63, 3.8) is 0 Å². The molecule has 0 aliphatic carbocycles. The molecule has 0 aliphatic rings. The second-order valence-electron chi connectivity index (χ2n) is 21.2.